The van der Waals surface area contributed by atoms with E-state index in [9.17, 15) is 4.79 Å². The fourth-order valence-corrected chi connectivity index (χ4v) is 3.18. The predicted octanol–water partition coefficient (Wildman–Crippen LogP) is 5.81. The van der Waals surface area contributed by atoms with Gasteiger partial charge in [-0.3, -0.25) is 4.79 Å². The molecule has 0 aliphatic heterocycles. The van der Waals surface area contributed by atoms with E-state index in [1.807, 2.05) is 53.4 Å². The molecule has 0 saturated heterocycles. The second-order valence-electron chi connectivity index (χ2n) is 6.90. The lowest BCUT2D eigenvalue weighted by molar-refractivity contribution is -0.118. The van der Waals surface area contributed by atoms with Crippen LogP contribution in [-0.4, -0.2) is 5.91 Å². The number of benzene rings is 3. The summed E-state index contributed by atoms with van der Waals surface area (Å²) in [6, 6.07) is 28.6. The van der Waals surface area contributed by atoms with Crippen LogP contribution in [-0.2, 0) is 24.2 Å². The van der Waals surface area contributed by atoms with Crippen LogP contribution in [0.25, 0.3) is 0 Å². The fourth-order valence-electron chi connectivity index (χ4n) is 3.18. The van der Waals surface area contributed by atoms with Gasteiger partial charge in [0.25, 0.3) is 0 Å². The predicted molar refractivity (Wildman–Crippen MR) is 113 cm³/mol. The van der Waals surface area contributed by atoms with E-state index in [1.54, 1.807) is 0 Å². The molecule has 0 heterocycles. The summed E-state index contributed by atoms with van der Waals surface area (Å²) in [5.41, 5.74) is 4.46. The minimum Gasteiger partial charge on any atom is -0.308 e. The number of nitrogens with zero attached hydrogens (tertiary/aromatic N) is 1. The van der Waals surface area contributed by atoms with Crippen molar-refractivity contribution in [3.63, 3.8) is 0 Å². The Labute approximate surface area is 162 Å². The van der Waals surface area contributed by atoms with Crippen molar-refractivity contribution in [3.05, 3.63) is 102 Å². The molecule has 0 aromatic heterocycles. The fraction of sp³-hybridized carbons (Fsp3) is 0.240. The molecular formula is C25H27NO. The monoisotopic (exact) mass is 357 g/mol. The largest absolute Gasteiger partial charge is 0.308 e. The Morgan fingerprint density at radius 3 is 1.93 bits per heavy atom. The Hall–Kier alpha value is -2.87. The van der Waals surface area contributed by atoms with Crippen LogP contribution in [0, 0.1) is 0 Å². The van der Waals surface area contributed by atoms with Gasteiger partial charge in [0.15, 0.2) is 0 Å². The number of carbonyl (C=O) groups is 1. The molecule has 3 rings (SSSR count). The normalized spacial score (nSPS) is 10.6. The van der Waals surface area contributed by atoms with Crippen LogP contribution in [0.2, 0.25) is 0 Å². The highest BCUT2D eigenvalue weighted by Crippen LogP contribution is 2.21. The minimum atomic E-state index is 0.117. The lowest BCUT2D eigenvalue weighted by Gasteiger charge is -2.23. The van der Waals surface area contributed by atoms with Gasteiger partial charge < -0.3 is 4.90 Å². The Morgan fingerprint density at radius 1 is 0.741 bits per heavy atom. The number of hydrogen-bond donors (Lipinski definition) is 0. The van der Waals surface area contributed by atoms with Crippen molar-refractivity contribution in [1.82, 2.24) is 0 Å². The molecule has 0 atom stereocenters. The maximum atomic E-state index is 13.1. The molecular weight excluding hydrogens is 330 g/mol. The molecule has 3 aromatic carbocycles. The van der Waals surface area contributed by atoms with Gasteiger partial charge >= 0.3 is 0 Å². The number of hydrogen-bond acceptors (Lipinski definition) is 1. The SMILES string of the molecule is CCCCc1ccc(N(Cc2ccccc2)C(=O)Cc2ccccc2)cc1. The number of rotatable bonds is 8. The molecule has 0 aliphatic rings. The molecule has 0 fully saturated rings. The topological polar surface area (TPSA) is 20.3 Å². The first kappa shape index (κ1) is 18.9. The van der Waals surface area contributed by atoms with Crippen LogP contribution in [0.4, 0.5) is 5.69 Å². The molecule has 0 unspecified atom stereocenters. The zero-order valence-corrected chi connectivity index (χ0v) is 16.0. The van der Waals surface area contributed by atoms with Crippen molar-refractivity contribution in [2.45, 2.75) is 39.2 Å². The minimum absolute atomic E-state index is 0.117. The number of carbonyl (C=O) groups excluding carboxylic acids is 1. The molecule has 2 heteroatoms. The Morgan fingerprint density at radius 2 is 1.33 bits per heavy atom. The van der Waals surface area contributed by atoms with E-state index in [1.165, 1.54) is 18.4 Å². The van der Waals surface area contributed by atoms with Gasteiger partial charge in [-0.2, -0.15) is 0 Å². The first-order valence-electron chi connectivity index (χ1n) is 9.73. The second-order valence-corrected chi connectivity index (χ2v) is 6.90. The van der Waals surface area contributed by atoms with E-state index in [2.05, 4.69) is 43.3 Å². The third kappa shape index (κ3) is 5.55. The van der Waals surface area contributed by atoms with Crippen LogP contribution in [0.1, 0.15) is 36.5 Å². The standard InChI is InChI=1S/C25H27NO/c1-2-3-10-21-15-17-24(18-16-21)26(20-23-13-8-5-9-14-23)25(27)19-22-11-6-4-7-12-22/h4-9,11-18H,2-3,10,19-20H2,1H3. The highest BCUT2D eigenvalue weighted by atomic mass is 16.2. The van der Waals surface area contributed by atoms with Crippen LogP contribution in [0.15, 0.2) is 84.9 Å². The van der Waals surface area contributed by atoms with Crippen molar-refractivity contribution in [2.75, 3.05) is 4.90 Å². The lowest BCUT2D eigenvalue weighted by Crippen LogP contribution is -2.31. The number of unbranched alkanes of at least 4 members (excludes halogenated alkanes) is 1. The summed E-state index contributed by atoms with van der Waals surface area (Å²) >= 11 is 0. The van der Waals surface area contributed by atoms with Gasteiger partial charge in [0.1, 0.15) is 0 Å². The zero-order chi connectivity index (χ0) is 18.9. The van der Waals surface area contributed by atoms with Crippen molar-refractivity contribution in [2.24, 2.45) is 0 Å². The highest BCUT2D eigenvalue weighted by Gasteiger charge is 2.17. The van der Waals surface area contributed by atoms with Gasteiger partial charge in [0.2, 0.25) is 5.91 Å². The molecule has 2 nitrogen and oxygen atoms in total. The average molecular weight is 357 g/mol. The third-order valence-electron chi connectivity index (χ3n) is 4.75. The van der Waals surface area contributed by atoms with E-state index < -0.39 is 0 Å². The van der Waals surface area contributed by atoms with Crippen LogP contribution in [0.3, 0.4) is 0 Å². The summed E-state index contributed by atoms with van der Waals surface area (Å²) in [4.78, 5) is 15.0. The Kier molecular flexibility index (Phi) is 6.81. The number of amides is 1. The third-order valence-corrected chi connectivity index (χ3v) is 4.75. The highest BCUT2D eigenvalue weighted by molar-refractivity contribution is 5.94. The van der Waals surface area contributed by atoms with Crippen molar-refractivity contribution < 1.29 is 4.79 Å². The van der Waals surface area contributed by atoms with Gasteiger partial charge in [0, 0.05) is 5.69 Å². The lowest BCUT2D eigenvalue weighted by atomic mass is 10.1. The molecule has 3 aromatic rings. The summed E-state index contributed by atoms with van der Waals surface area (Å²) in [5.74, 6) is 0.117. The molecule has 0 radical (unpaired) electrons. The van der Waals surface area contributed by atoms with Crippen molar-refractivity contribution in [1.29, 1.82) is 0 Å². The van der Waals surface area contributed by atoms with Gasteiger partial charge in [-0.25, -0.2) is 0 Å². The first-order valence-corrected chi connectivity index (χ1v) is 9.73. The van der Waals surface area contributed by atoms with E-state index in [0.717, 1.165) is 23.2 Å². The van der Waals surface area contributed by atoms with Gasteiger partial charge in [0.05, 0.1) is 13.0 Å². The number of anilines is 1. The summed E-state index contributed by atoms with van der Waals surface area (Å²) in [6.07, 6.45) is 3.89. The maximum Gasteiger partial charge on any atom is 0.231 e. The molecule has 138 valence electrons. The Bertz CT molecular complexity index is 825. The molecule has 27 heavy (non-hydrogen) atoms. The van der Waals surface area contributed by atoms with Crippen LogP contribution >= 0.6 is 0 Å². The van der Waals surface area contributed by atoms with E-state index in [-0.39, 0.29) is 5.91 Å². The van der Waals surface area contributed by atoms with Gasteiger partial charge in [-0.15, -0.1) is 0 Å². The average Bonchev–Trinajstić information content (AvgIpc) is 2.72. The molecule has 0 bridgehead atoms. The van der Waals surface area contributed by atoms with Gasteiger partial charge in [-0.05, 0) is 41.7 Å². The Balaban J connectivity index is 1.81. The molecule has 0 aliphatic carbocycles. The van der Waals surface area contributed by atoms with Gasteiger partial charge in [-0.1, -0.05) is 86.1 Å². The second kappa shape index (κ2) is 9.72. The van der Waals surface area contributed by atoms with E-state index in [0.29, 0.717) is 13.0 Å². The van der Waals surface area contributed by atoms with Crippen LogP contribution in [0.5, 0.6) is 0 Å². The maximum absolute atomic E-state index is 13.1. The first-order chi connectivity index (χ1) is 13.3. The molecule has 1 amide bonds. The summed E-state index contributed by atoms with van der Waals surface area (Å²) in [6.45, 7) is 2.79. The summed E-state index contributed by atoms with van der Waals surface area (Å²) < 4.78 is 0. The molecule has 0 spiro atoms. The van der Waals surface area contributed by atoms with Crippen molar-refractivity contribution in [3.8, 4) is 0 Å². The smallest absolute Gasteiger partial charge is 0.231 e. The zero-order valence-electron chi connectivity index (χ0n) is 16.0. The summed E-state index contributed by atoms with van der Waals surface area (Å²) in [5, 5.41) is 0. The van der Waals surface area contributed by atoms with E-state index in [4.69, 9.17) is 0 Å². The van der Waals surface area contributed by atoms with Crippen molar-refractivity contribution >= 4 is 11.6 Å². The quantitative estimate of drug-likeness (QED) is 0.498. The number of aryl methyl sites for hydroxylation is 1. The van der Waals surface area contributed by atoms with Crippen LogP contribution < -0.4 is 4.90 Å². The summed E-state index contributed by atoms with van der Waals surface area (Å²) in [7, 11) is 0. The molecule has 0 saturated carbocycles. The van der Waals surface area contributed by atoms with E-state index >= 15 is 0 Å². The molecule has 0 N–H and O–H groups in total.